The molecule has 21 heavy (non-hydrogen) atoms. The lowest BCUT2D eigenvalue weighted by Crippen LogP contribution is -2.33. The van der Waals surface area contributed by atoms with Crippen molar-refractivity contribution in [1.82, 2.24) is 10.0 Å². The van der Waals surface area contributed by atoms with Crippen molar-refractivity contribution in [2.75, 3.05) is 0 Å². The van der Waals surface area contributed by atoms with E-state index in [2.05, 4.69) is 30.8 Å². The van der Waals surface area contributed by atoms with Crippen molar-refractivity contribution in [3.63, 3.8) is 0 Å². The van der Waals surface area contributed by atoms with E-state index in [1.807, 2.05) is 13.0 Å². The number of rotatable bonds is 6. The summed E-state index contributed by atoms with van der Waals surface area (Å²) in [5.41, 5.74) is 0. The van der Waals surface area contributed by atoms with Crippen LogP contribution in [-0.2, 0) is 16.6 Å². The minimum Gasteiger partial charge on any atom is -0.310 e. The highest BCUT2D eigenvalue weighted by Crippen LogP contribution is 2.29. The van der Waals surface area contributed by atoms with E-state index in [-0.39, 0.29) is 6.04 Å². The van der Waals surface area contributed by atoms with Crippen LogP contribution in [0.1, 0.15) is 49.8 Å². The van der Waals surface area contributed by atoms with Gasteiger partial charge in [0.1, 0.15) is 0 Å². The first-order valence-electron chi connectivity index (χ1n) is 7.63. The third-order valence-corrected chi connectivity index (χ3v) is 6.74. The SMILES string of the molecule is Cc1sc(CNC(C)C)cc1S(=O)(=O)NC1CCC(C)C1. The zero-order valence-electron chi connectivity index (χ0n) is 13.3. The fourth-order valence-electron chi connectivity index (χ4n) is 2.78. The van der Waals surface area contributed by atoms with E-state index in [9.17, 15) is 8.42 Å². The quantitative estimate of drug-likeness (QED) is 0.843. The second-order valence-corrected chi connectivity index (χ2v) is 9.43. The molecule has 0 radical (unpaired) electrons. The van der Waals surface area contributed by atoms with Crippen molar-refractivity contribution >= 4 is 21.4 Å². The summed E-state index contributed by atoms with van der Waals surface area (Å²) in [6.07, 6.45) is 3.01. The predicted octanol–water partition coefficient (Wildman–Crippen LogP) is 3.02. The van der Waals surface area contributed by atoms with Gasteiger partial charge in [0.2, 0.25) is 10.0 Å². The molecule has 2 atom stereocenters. The van der Waals surface area contributed by atoms with Crippen LogP contribution < -0.4 is 10.0 Å². The summed E-state index contributed by atoms with van der Waals surface area (Å²) in [7, 11) is -3.38. The Morgan fingerprint density at radius 1 is 1.38 bits per heavy atom. The Bertz CT molecular complexity index is 578. The first-order valence-corrected chi connectivity index (χ1v) is 9.93. The molecule has 1 heterocycles. The Morgan fingerprint density at radius 3 is 2.67 bits per heavy atom. The number of aryl methyl sites for hydroxylation is 1. The summed E-state index contributed by atoms with van der Waals surface area (Å²) in [5.74, 6) is 0.618. The highest BCUT2D eigenvalue weighted by molar-refractivity contribution is 7.89. The Balaban J connectivity index is 2.08. The zero-order chi connectivity index (χ0) is 15.6. The lowest BCUT2D eigenvalue weighted by molar-refractivity contribution is 0.538. The van der Waals surface area contributed by atoms with Gasteiger partial charge in [0.15, 0.2) is 0 Å². The zero-order valence-corrected chi connectivity index (χ0v) is 14.9. The van der Waals surface area contributed by atoms with Crippen LogP contribution in [0.2, 0.25) is 0 Å². The molecule has 1 aromatic heterocycles. The highest BCUT2D eigenvalue weighted by Gasteiger charge is 2.28. The van der Waals surface area contributed by atoms with E-state index in [4.69, 9.17) is 0 Å². The van der Waals surface area contributed by atoms with Gasteiger partial charge in [0.05, 0.1) is 4.90 Å². The normalized spacial score (nSPS) is 23.1. The molecule has 2 rings (SSSR count). The maximum atomic E-state index is 12.5. The van der Waals surface area contributed by atoms with E-state index in [1.54, 1.807) is 11.3 Å². The maximum Gasteiger partial charge on any atom is 0.241 e. The highest BCUT2D eigenvalue weighted by atomic mass is 32.2. The lowest BCUT2D eigenvalue weighted by Gasteiger charge is -2.12. The largest absolute Gasteiger partial charge is 0.310 e. The minimum atomic E-state index is -3.38. The van der Waals surface area contributed by atoms with Gasteiger partial charge in [-0.1, -0.05) is 20.8 Å². The van der Waals surface area contributed by atoms with Crippen molar-refractivity contribution in [1.29, 1.82) is 0 Å². The summed E-state index contributed by atoms with van der Waals surface area (Å²) in [6.45, 7) is 8.95. The van der Waals surface area contributed by atoms with E-state index in [0.29, 0.717) is 16.9 Å². The van der Waals surface area contributed by atoms with Gasteiger partial charge in [-0.25, -0.2) is 13.1 Å². The molecule has 0 saturated heterocycles. The molecule has 0 amide bonds. The molecule has 6 heteroatoms. The van der Waals surface area contributed by atoms with Crippen molar-refractivity contribution in [3.8, 4) is 0 Å². The molecule has 0 bridgehead atoms. The molecule has 0 spiro atoms. The van der Waals surface area contributed by atoms with Crippen LogP contribution in [0, 0.1) is 12.8 Å². The average molecular weight is 331 g/mol. The van der Waals surface area contributed by atoms with Gasteiger partial charge in [-0.05, 0) is 38.2 Å². The second-order valence-electron chi connectivity index (χ2n) is 6.41. The Morgan fingerprint density at radius 2 is 2.10 bits per heavy atom. The summed E-state index contributed by atoms with van der Waals surface area (Å²) < 4.78 is 28.0. The molecular weight excluding hydrogens is 304 g/mol. The third kappa shape index (κ3) is 4.52. The van der Waals surface area contributed by atoms with Gasteiger partial charge in [-0.15, -0.1) is 11.3 Å². The Hall–Kier alpha value is -0.430. The Kier molecular flexibility index (Phi) is 5.46. The van der Waals surface area contributed by atoms with Crippen LogP contribution in [0.3, 0.4) is 0 Å². The van der Waals surface area contributed by atoms with Crippen molar-refractivity contribution < 1.29 is 8.42 Å². The number of hydrogen-bond acceptors (Lipinski definition) is 4. The topological polar surface area (TPSA) is 58.2 Å². The monoisotopic (exact) mass is 330 g/mol. The summed E-state index contributed by atoms with van der Waals surface area (Å²) in [4.78, 5) is 2.39. The molecule has 0 aliphatic heterocycles. The van der Waals surface area contributed by atoms with E-state index in [1.165, 1.54) is 0 Å². The van der Waals surface area contributed by atoms with Gasteiger partial charge < -0.3 is 5.32 Å². The van der Waals surface area contributed by atoms with Crippen LogP contribution in [0.5, 0.6) is 0 Å². The molecule has 1 aliphatic carbocycles. The molecule has 1 saturated carbocycles. The number of thiophene rings is 1. The van der Waals surface area contributed by atoms with Gasteiger partial charge in [-0.2, -0.15) is 0 Å². The predicted molar refractivity (Wildman–Crippen MR) is 88.2 cm³/mol. The van der Waals surface area contributed by atoms with Gasteiger partial charge in [0, 0.05) is 28.4 Å². The molecule has 1 fully saturated rings. The molecule has 1 aliphatic rings. The molecule has 2 unspecified atom stereocenters. The molecule has 4 nitrogen and oxygen atoms in total. The van der Waals surface area contributed by atoms with E-state index >= 15 is 0 Å². The van der Waals surface area contributed by atoms with Crippen LogP contribution >= 0.6 is 11.3 Å². The maximum absolute atomic E-state index is 12.5. The first-order chi connectivity index (χ1) is 9.78. The molecule has 0 aromatic carbocycles. The fourth-order valence-corrected chi connectivity index (χ4v) is 5.65. The average Bonchev–Trinajstić information content (AvgIpc) is 2.93. The summed E-state index contributed by atoms with van der Waals surface area (Å²) >= 11 is 1.56. The van der Waals surface area contributed by atoms with Crippen LogP contribution in [-0.4, -0.2) is 20.5 Å². The fraction of sp³-hybridized carbons (Fsp3) is 0.733. The van der Waals surface area contributed by atoms with E-state index < -0.39 is 10.0 Å². The molecule has 2 N–H and O–H groups in total. The first kappa shape index (κ1) is 16.9. The van der Waals surface area contributed by atoms with Gasteiger partial charge >= 0.3 is 0 Å². The summed E-state index contributed by atoms with van der Waals surface area (Å²) in [5, 5.41) is 3.33. The van der Waals surface area contributed by atoms with Crippen molar-refractivity contribution in [3.05, 3.63) is 15.8 Å². The minimum absolute atomic E-state index is 0.0986. The second kappa shape index (κ2) is 6.77. The van der Waals surface area contributed by atoms with Crippen LogP contribution in [0.4, 0.5) is 0 Å². The van der Waals surface area contributed by atoms with Crippen molar-refractivity contribution in [2.24, 2.45) is 5.92 Å². The molecule has 120 valence electrons. The number of hydrogen-bond donors (Lipinski definition) is 2. The van der Waals surface area contributed by atoms with Gasteiger partial charge in [-0.3, -0.25) is 0 Å². The smallest absolute Gasteiger partial charge is 0.241 e. The summed E-state index contributed by atoms with van der Waals surface area (Å²) in [6, 6.07) is 2.31. The van der Waals surface area contributed by atoms with Crippen molar-refractivity contribution in [2.45, 2.75) is 70.5 Å². The Labute approximate surface area is 132 Å². The van der Waals surface area contributed by atoms with Gasteiger partial charge in [0.25, 0.3) is 0 Å². The van der Waals surface area contributed by atoms with E-state index in [0.717, 1.165) is 35.6 Å². The van der Waals surface area contributed by atoms with Crippen LogP contribution in [0.15, 0.2) is 11.0 Å². The number of nitrogens with one attached hydrogen (secondary N) is 2. The van der Waals surface area contributed by atoms with Crippen LogP contribution in [0.25, 0.3) is 0 Å². The molecular formula is C15H26N2O2S2. The standard InChI is InChI=1S/C15H26N2O2S2/c1-10(2)16-9-14-8-15(12(4)20-14)21(18,19)17-13-6-5-11(3)7-13/h8,10-11,13,16-17H,5-7,9H2,1-4H3. The molecule has 1 aromatic rings. The third-order valence-electron chi connectivity index (χ3n) is 3.91. The number of sulfonamides is 1. The lowest BCUT2D eigenvalue weighted by atomic mass is 10.1.